The zero-order chi connectivity index (χ0) is 19.1. The number of aliphatic carboxylic acids is 1. The summed E-state index contributed by atoms with van der Waals surface area (Å²) in [6.07, 6.45) is -2.09. The molecule has 1 atom stereocenters. The maximum absolute atomic E-state index is 12.6. The molecule has 0 aromatic carbocycles. The maximum Gasteiger partial charge on any atom is 0.417 e. The van der Waals surface area contributed by atoms with Crippen LogP contribution < -0.4 is 0 Å². The van der Waals surface area contributed by atoms with Gasteiger partial charge in [0.25, 0.3) is 5.91 Å². The van der Waals surface area contributed by atoms with E-state index in [1.165, 1.54) is 21.8 Å². The summed E-state index contributed by atoms with van der Waals surface area (Å²) in [5.41, 5.74) is -0.196. The number of carbonyl (C=O) groups is 2. The highest BCUT2D eigenvalue weighted by molar-refractivity contribution is 5.95. The largest absolute Gasteiger partial charge is 0.481 e. The third-order valence-electron chi connectivity index (χ3n) is 4.36. The summed E-state index contributed by atoms with van der Waals surface area (Å²) in [7, 11) is 0. The van der Waals surface area contributed by atoms with E-state index in [-0.39, 0.29) is 23.8 Å². The molecule has 7 nitrogen and oxygen atoms in total. The molecule has 0 saturated carbocycles. The Hall–Kier alpha value is -2.91. The summed E-state index contributed by atoms with van der Waals surface area (Å²) in [5, 5.41) is 13.1. The molecule has 1 N–H and O–H groups in total. The van der Waals surface area contributed by atoms with Crippen molar-refractivity contribution in [1.29, 1.82) is 0 Å². The second kappa shape index (κ2) is 6.43. The lowest BCUT2D eigenvalue weighted by molar-refractivity contribution is -0.141. The number of alkyl halides is 3. The first-order chi connectivity index (χ1) is 12.2. The molecule has 1 aliphatic heterocycles. The van der Waals surface area contributed by atoms with Crippen LogP contribution in [0.5, 0.6) is 0 Å². The maximum atomic E-state index is 12.6. The van der Waals surface area contributed by atoms with Gasteiger partial charge in [-0.2, -0.15) is 18.3 Å². The molecule has 0 spiro atoms. The topological polar surface area (TPSA) is 88.3 Å². The van der Waals surface area contributed by atoms with Crippen molar-refractivity contribution in [2.24, 2.45) is 5.92 Å². The molecule has 0 bridgehead atoms. The van der Waals surface area contributed by atoms with Crippen molar-refractivity contribution in [3.05, 3.63) is 41.3 Å². The molecule has 138 valence electrons. The van der Waals surface area contributed by atoms with Crippen molar-refractivity contribution >= 4 is 11.9 Å². The molecular formula is C16H15F3N4O3. The number of carboxylic acids is 1. The Bertz CT molecular complexity index is 845. The number of aromatic nitrogens is 3. The number of hydrogen-bond donors (Lipinski definition) is 1. The van der Waals surface area contributed by atoms with Gasteiger partial charge in [0, 0.05) is 19.3 Å². The van der Waals surface area contributed by atoms with E-state index < -0.39 is 23.6 Å². The fourth-order valence-corrected chi connectivity index (χ4v) is 2.85. The number of rotatable bonds is 3. The average Bonchev–Trinajstić information content (AvgIpc) is 3.21. The zero-order valence-electron chi connectivity index (χ0n) is 13.7. The summed E-state index contributed by atoms with van der Waals surface area (Å²) < 4.78 is 39.1. The van der Waals surface area contributed by atoms with Crippen LogP contribution in [0.2, 0.25) is 0 Å². The van der Waals surface area contributed by atoms with Gasteiger partial charge in [-0.25, -0.2) is 9.67 Å². The minimum Gasteiger partial charge on any atom is -0.481 e. The van der Waals surface area contributed by atoms with Gasteiger partial charge < -0.3 is 10.0 Å². The Morgan fingerprint density at radius 2 is 2.00 bits per heavy atom. The Morgan fingerprint density at radius 3 is 2.54 bits per heavy atom. The molecule has 2 aromatic rings. The lowest BCUT2D eigenvalue weighted by Gasteiger charge is -2.15. The SMILES string of the molecule is Cc1c(C(=O)N2CC[C@@H](C(=O)O)C2)cnn1-c1ccc(C(F)(F)F)cn1. The summed E-state index contributed by atoms with van der Waals surface area (Å²) in [6.45, 7) is 2.06. The van der Waals surface area contributed by atoms with E-state index in [1.54, 1.807) is 6.92 Å². The van der Waals surface area contributed by atoms with Gasteiger partial charge in [-0.15, -0.1) is 0 Å². The van der Waals surface area contributed by atoms with Gasteiger partial charge in [0.2, 0.25) is 0 Å². The van der Waals surface area contributed by atoms with Crippen LogP contribution in [0.25, 0.3) is 5.82 Å². The molecule has 0 aliphatic carbocycles. The second-order valence-corrected chi connectivity index (χ2v) is 6.03. The Balaban J connectivity index is 1.82. The van der Waals surface area contributed by atoms with E-state index in [1.807, 2.05) is 0 Å². The normalized spacial score (nSPS) is 17.5. The summed E-state index contributed by atoms with van der Waals surface area (Å²) in [4.78, 5) is 28.8. The van der Waals surface area contributed by atoms with Crippen molar-refractivity contribution < 1.29 is 27.9 Å². The number of amides is 1. The molecule has 1 amide bonds. The Labute approximate surface area is 146 Å². The second-order valence-electron chi connectivity index (χ2n) is 6.03. The number of hydrogen-bond acceptors (Lipinski definition) is 4. The van der Waals surface area contributed by atoms with E-state index >= 15 is 0 Å². The fraction of sp³-hybridized carbons (Fsp3) is 0.375. The number of pyridine rings is 1. The Morgan fingerprint density at radius 1 is 1.27 bits per heavy atom. The van der Waals surface area contributed by atoms with E-state index in [0.717, 1.165) is 6.07 Å². The quantitative estimate of drug-likeness (QED) is 0.897. The standard InChI is InChI=1S/C16H15F3N4O3/c1-9-12(14(24)22-5-4-10(8-22)15(25)26)7-21-23(9)13-3-2-11(6-20-13)16(17,18)19/h2-3,6-7,10H,4-5,8H2,1H3,(H,25,26)/t10-/m1/s1. The van der Waals surface area contributed by atoms with Gasteiger partial charge in [0.05, 0.1) is 28.9 Å². The number of likely N-dealkylation sites (tertiary alicyclic amines) is 1. The fourth-order valence-electron chi connectivity index (χ4n) is 2.85. The van der Waals surface area contributed by atoms with Gasteiger partial charge in [0.1, 0.15) is 0 Å². The van der Waals surface area contributed by atoms with Crippen LogP contribution in [0, 0.1) is 12.8 Å². The van der Waals surface area contributed by atoms with Gasteiger partial charge in [-0.05, 0) is 25.5 Å². The summed E-state index contributed by atoms with van der Waals surface area (Å²) in [6, 6.07) is 2.07. The highest BCUT2D eigenvalue weighted by Gasteiger charge is 2.33. The van der Waals surface area contributed by atoms with Gasteiger partial charge in [0.15, 0.2) is 5.82 Å². The zero-order valence-corrected chi connectivity index (χ0v) is 13.7. The lowest BCUT2D eigenvalue weighted by Crippen LogP contribution is -2.30. The molecule has 1 saturated heterocycles. The van der Waals surface area contributed by atoms with E-state index in [0.29, 0.717) is 24.9 Å². The van der Waals surface area contributed by atoms with Crippen LogP contribution in [0.15, 0.2) is 24.5 Å². The molecule has 1 aliphatic rings. The van der Waals surface area contributed by atoms with Crippen molar-refractivity contribution in [2.45, 2.75) is 19.5 Å². The van der Waals surface area contributed by atoms with Crippen molar-refractivity contribution in [3.63, 3.8) is 0 Å². The molecule has 1 fully saturated rings. The van der Waals surface area contributed by atoms with Crippen LogP contribution in [-0.4, -0.2) is 49.7 Å². The molecule has 2 aromatic heterocycles. The average molecular weight is 368 g/mol. The molecule has 3 rings (SSSR count). The van der Waals surface area contributed by atoms with Crippen LogP contribution >= 0.6 is 0 Å². The lowest BCUT2D eigenvalue weighted by atomic mass is 10.1. The molecule has 0 unspecified atom stereocenters. The first kappa shape index (κ1) is 17.9. The monoisotopic (exact) mass is 368 g/mol. The van der Waals surface area contributed by atoms with Crippen molar-refractivity contribution in [1.82, 2.24) is 19.7 Å². The van der Waals surface area contributed by atoms with Gasteiger partial charge >= 0.3 is 12.1 Å². The first-order valence-electron chi connectivity index (χ1n) is 7.79. The molecule has 26 heavy (non-hydrogen) atoms. The van der Waals surface area contributed by atoms with Gasteiger partial charge in [-0.1, -0.05) is 0 Å². The highest BCUT2D eigenvalue weighted by Crippen LogP contribution is 2.29. The van der Waals surface area contributed by atoms with Gasteiger partial charge in [-0.3, -0.25) is 9.59 Å². The minimum absolute atomic E-state index is 0.122. The summed E-state index contributed by atoms with van der Waals surface area (Å²) >= 11 is 0. The van der Waals surface area contributed by atoms with Crippen LogP contribution in [0.4, 0.5) is 13.2 Å². The predicted molar refractivity (Wildman–Crippen MR) is 82.7 cm³/mol. The first-order valence-corrected chi connectivity index (χ1v) is 7.79. The van der Waals surface area contributed by atoms with E-state index in [4.69, 9.17) is 5.11 Å². The number of nitrogens with zero attached hydrogens (tertiary/aromatic N) is 4. The smallest absolute Gasteiger partial charge is 0.417 e. The third kappa shape index (κ3) is 3.26. The highest BCUT2D eigenvalue weighted by atomic mass is 19.4. The van der Waals surface area contributed by atoms with Crippen molar-refractivity contribution in [3.8, 4) is 5.82 Å². The van der Waals surface area contributed by atoms with E-state index in [2.05, 4.69) is 10.1 Å². The Kier molecular flexibility index (Phi) is 4.43. The molecule has 3 heterocycles. The minimum atomic E-state index is -4.48. The van der Waals surface area contributed by atoms with Crippen LogP contribution in [0.1, 0.15) is 28.0 Å². The molecule has 10 heteroatoms. The third-order valence-corrected chi connectivity index (χ3v) is 4.36. The van der Waals surface area contributed by atoms with Crippen LogP contribution in [-0.2, 0) is 11.0 Å². The summed E-state index contributed by atoms with van der Waals surface area (Å²) in [5.74, 6) is -1.74. The molecule has 0 radical (unpaired) electrons. The number of halogens is 3. The van der Waals surface area contributed by atoms with E-state index in [9.17, 15) is 22.8 Å². The molecular weight excluding hydrogens is 353 g/mol. The predicted octanol–water partition coefficient (Wildman–Crippen LogP) is 2.14. The van der Waals surface area contributed by atoms with Crippen LogP contribution in [0.3, 0.4) is 0 Å². The van der Waals surface area contributed by atoms with Crippen molar-refractivity contribution in [2.75, 3.05) is 13.1 Å². The number of carboxylic acid groups (broad SMARTS) is 1. The number of carbonyl (C=O) groups excluding carboxylic acids is 1.